The van der Waals surface area contributed by atoms with Crippen LogP contribution in [0.5, 0.6) is 0 Å². The molecule has 1 amide bonds. The Bertz CT molecular complexity index is 709. The van der Waals surface area contributed by atoms with Crippen molar-refractivity contribution in [1.29, 1.82) is 0 Å². The molecule has 6 nitrogen and oxygen atoms in total. The minimum atomic E-state index is -1.25. The highest BCUT2D eigenvalue weighted by atomic mass is 16.4. The van der Waals surface area contributed by atoms with Crippen molar-refractivity contribution in [2.75, 3.05) is 5.32 Å². The molecule has 0 heterocycles. The summed E-state index contributed by atoms with van der Waals surface area (Å²) in [5.74, 6) is -2.97. The van der Waals surface area contributed by atoms with Crippen molar-refractivity contribution < 1.29 is 24.6 Å². The lowest BCUT2D eigenvalue weighted by Crippen LogP contribution is -2.15. The number of hydrogen-bond donors (Lipinski definition) is 3. The molecule has 0 bridgehead atoms. The van der Waals surface area contributed by atoms with Crippen LogP contribution in [0, 0.1) is 0 Å². The summed E-state index contributed by atoms with van der Waals surface area (Å²) in [7, 11) is 0. The van der Waals surface area contributed by atoms with E-state index in [1.807, 2.05) is 0 Å². The lowest BCUT2D eigenvalue weighted by atomic mass is 10.1. The van der Waals surface area contributed by atoms with E-state index in [4.69, 9.17) is 10.2 Å². The number of amides is 1. The van der Waals surface area contributed by atoms with Gasteiger partial charge in [0.15, 0.2) is 0 Å². The number of carbonyl (C=O) groups is 3. The monoisotopic (exact) mass is 285 g/mol. The second-order valence-corrected chi connectivity index (χ2v) is 4.19. The molecular weight excluding hydrogens is 274 g/mol. The quantitative estimate of drug-likeness (QED) is 0.799. The van der Waals surface area contributed by atoms with Crippen LogP contribution in [0.4, 0.5) is 5.69 Å². The summed E-state index contributed by atoms with van der Waals surface area (Å²) in [4.78, 5) is 34.1. The number of anilines is 1. The number of benzene rings is 2. The number of carboxylic acid groups (broad SMARTS) is 2. The molecule has 21 heavy (non-hydrogen) atoms. The zero-order valence-corrected chi connectivity index (χ0v) is 10.7. The SMILES string of the molecule is O=C(O)c1ccc(C(=O)O)c(NC(=O)c2ccccc2)c1. The first-order chi connectivity index (χ1) is 9.99. The van der Waals surface area contributed by atoms with E-state index in [1.165, 1.54) is 6.07 Å². The zero-order valence-electron chi connectivity index (χ0n) is 10.7. The number of rotatable bonds is 4. The molecule has 0 atom stereocenters. The maximum atomic E-state index is 12.0. The lowest BCUT2D eigenvalue weighted by Gasteiger charge is -2.09. The van der Waals surface area contributed by atoms with Crippen molar-refractivity contribution in [3.05, 3.63) is 65.2 Å². The van der Waals surface area contributed by atoms with Gasteiger partial charge in [-0.15, -0.1) is 0 Å². The van der Waals surface area contributed by atoms with Crippen LogP contribution in [0.1, 0.15) is 31.1 Å². The van der Waals surface area contributed by atoms with Gasteiger partial charge >= 0.3 is 11.9 Å². The fraction of sp³-hybridized carbons (Fsp3) is 0. The Morgan fingerprint density at radius 3 is 2.05 bits per heavy atom. The van der Waals surface area contributed by atoms with Gasteiger partial charge in [0, 0.05) is 5.56 Å². The van der Waals surface area contributed by atoms with Crippen LogP contribution >= 0.6 is 0 Å². The third-order valence-corrected chi connectivity index (χ3v) is 2.78. The second kappa shape index (κ2) is 5.87. The molecule has 0 saturated carbocycles. The first-order valence-corrected chi connectivity index (χ1v) is 5.96. The third kappa shape index (κ3) is 3.24. The van der Waals surface area contributed by atoms with Crippen molar-refractivity contribution in [2.45, 2.75) is 0 Å². The van der Waals surface area contributed by atoms with E-state index < -0.39 is 17.8 Å². The average Bonchev–Trinajstić information content (AvgIpc) is 2.47. The van der Waals surface area contributed by atoms with E-state index in [-0.39, 0.29) is 16.8 Å². The molecule has 0 fully saturated rings. The normalized spacial score (nSPS) is 9.90. The molecule has 2 rings (SSSR count). The summed E-state index contributed by atoms with van der Waals surface area (Å²) in [5.41, 5.74) is -0.00142. The molecule has 0 unspecified atom stereocenters. The molecular formula is C15H11NO5. The fourth-order valence-electron chi connectivity index (χ4n) is 1.75. The van der Waals surface area contributed by atoms with E-state index in [1.54, 1.807) is 30.3 Å². The van der Waals surface area contributed by atoms with Crippen LogP contribution in [0.2, 0.25) is 0 Å². The second-order valence-electron chi connectivity index (χ2n) is 4.19. The minimum Gasteiger partial charge on any atom is -0.478 e. The van der Waals surface area contributed by atoms with Gasteiger partial charge in [-0.1, -0.05) is 18.2 Å². The Labute approximate surface area is 119 Å². The van der Waals surface area contributed by atoms with Crippen LogP contribution < -0.4 is 5.32 Å². The van der Waals surface area contributed by atoms with E-state index in [2.05, 4.69) is 5.32 Å². The summed E-state index contributed by atoms with van der Waals surface area (Å²) in [6, 6.07) is 11.6. The molecule has 0 spiro atoms. The average molecular weight is 285 g/mol. The molecule has 0 aliphatic carbocycles. The Balaban J connectivity index is 2.37. The summed E-state index contributed by atoms with van der Waals surface area (Å²) in [5, 5.41) is 20.4. The van der Waals surface area contributed by atoms with E-state index in [0.717, 1.165) is 12.1 Å². The largest absolute Gasteiger partial charge is 0.478 e. The molecule has 0 aliphatic rings. The van der Waals surface area contributed by atoms with Gasteiger partial charge in [0.05, 0.1) is 16.8 Å². The van der Waals surface area contributed by atoms with E-state index >= 15 is 0 Å². The maximum absolute atomic E-state index is 12.0. The minimum absolute atomic E-state index is 0.0590. The van der Waals surface area contributed by atoms with Gasteiger partial charge in [-0.25, -0.2) is 9.59 Å². The van der Waals surface area contributed by atoms with Crippen molar-refractivity contribution in [2.24, 2.45) is 0 Å². The smallest absolute Gasteiger partial charge is 0.337 e. The van der Waals surface area contributed by atoms with Gasteiger partial charge in [-0.2, -0.15) is 0 Å². The lowest BCUT2D eigenvalue weighted by molar-refractivity contribution is 0.0682. The Kier molecular flexibility index (Phi) is 3.99. The predicted molar refractivity (Wildman–Crippen MR) is 74.8 cm³/mol. The summed E-state index contributed by atoms with van der Waals surface area (Å²) >= 11 is 0. The van der Waals surface area contributed by atoms with Gasteiger partial charge in [0.25, 0.3) is 5.91 Å². The van der Waals surface area contributed by atoms with Gasteiger partial charge in [-0.05, 0) is 30.3 Å². The van der Waals surface area contributed by atoms with Crippen LogP contribution in [0.3, 0.4) is 0 Å². The standard InChI is InChI=1S/C15H11NO5/c17-13(9-4-2-1-3-5-9)16-12-8-10(14(18)19)6-7-11(12)15(20)21/h1-8H,(H,16,17)(H,18,19)(H,20,21). The van der Waals surface area contributed by atoms with E-state index in [9.17, 15) is 14.4 Å². The molecule has 0 saturated heterocycles. The van der Waals surface area contributed by atoms with Crippen molar-refractivity contribution in [3.63, 3.8) is 0 Å². The van der Waals surface area contributed by atoms with Crippen LogP contribution in [-0.4, -0.2) is 28.1 Å². The van der Waals surface area contributed by atoms with Crippen molar-refractivity contribution in [3.8, 4) is 0 Å². The highest BCUT2D eigenvalue weighted by Gasteiger charge is 2.16. The first-order valence-electron chi connectivity index (χ1n) is 5.96. The number of nitrogens with one attached hydrogen (secondary N) is 1. The van der Waals surface area contributed by atoms with Crippen LogP contribution in [-0.2, 0) is 0 Å². The predicted octanol–water partition coefficient (Wildman–Crippen LogP) is 2.34. The molecule has 2 aromatic rings. The summed E-state index contributed by atoms with van der Waals surface area (Å²) in [6.45, 7) is 0. The van der Waals surface area contributed by atoms with Gasteiger partial charge in [-0.3, -0.25) is 4.79 Å². The summed E-state index contributed by atoms with van der Waals surface area (Å²) < 4.78 is 0. The topological polar surface area (TPSA) is 104 Å². The van der Waals surface area contributed by atoms with E-state index in [0.29, 0.717) is 5.56 Å². The molecule has 0 aliphatic heterocycles. The highest BCUT2D eigenvalue weighted by Crippen LogP contribution is 2.19. The molecule has 2 aromatic carbocycles. The fourth-order valence-corrected chi connectivity index (χ4v) is 1.75. The number of hydrogen-bond acceptors (Lipinski definition) is 3. The molecule has 3 N–H and O–H groups in total. The number of aromatic carboxylic acids is 2. The Morgan fingerprint density at radius 1 is 0.810 bits per heavy atom. The summed E-state index contributed by atoms with van der Waals surface area (Å²) in [6.07, 6.45) is 0. The van der Waals surface area contributed by atoms with Crippen molar-refractivity contribution >= 4 is 23.5 Å². The van der Waals surface area contributed by atoms with Crippen molar-refractivity contribution in [1.82, 2.24) is 0 Å². The number of carbonyl (C=O) groups excluding carboxylic acids is 1. The van der Waals surface area contributed by atoms with Crippen LogP contribution in [0.25, 0.3) is 0 Å². The maximum Gasteiger partial charge on any atom is 0.337 e. The molecule has 0 radical (unpaired) electrons. The number of carboxylic acids is 2. The van der Waals surface area contributed by atoms with Gasteiger partial charge in [0.2, 0.25) is 0 Å². The van der Waals surface area contributed by atoms with Crippen LogP contribution in [0.15, 0.2) is 48.5 Å². The Hall–Kier alpha value is -3.15. The highest BCUT2D eigenvalue weighted by molar-refractivity contribution is 6.08. The van der Waals surface area contributed by atoms with Gasteiger partial charge < -0.3 is 15.5 Å². The van der Waals surface area contributed by atoms with Gasteiger partial charge in [0.1, 0.15) is 0 Å². The molecule has 106 valence electrons. The molecule has 0 aromatic heterocycles. The molecule has 6 heteroatoms. The zero-order chi connectivity index (χ0) is 15.4. The Morgan fingerprint density at radius 2 is 1.48 bits per heavy atom. The third-order valence-electron chi connectivity index (χ3n) is 2.78. The first kappa shape index (κ1) is 14.3.